The maximum Gasteiger partial charge on any atom is 0.254 e. The number of amides is 2. The van der Waals surface area contributed by atoms with E-state index in [9.17, 15) is 9.59 Å². The number of hydrogen-bond donors (Lipinski definition) is 0. The predicted octanol–water partition coefficient (Wildman–Crippen LogP) is 1.77. The monoisotopic (exact) mass is 316 g/mol. The molecule has 0 bridgehead atoms. The quantitative estimate of drug-likeness (QED) is 0.835. The molecule has 2 aliphatic heterocycles. The number of piperazine rings is 1. The molecule has 2 fully saturated rings. The molecule has 0 aromatic heterocycles. The zero-order chi connectivity index (χ0) is 16.4. The Kier molecular flexibility index (Phi) is 4.66. The predicted molar refractivity (Wildman–Crippen MR) is 87.4 cm³/mol. The Morgan fingerprint density at radius 2 is 1.78 bits per heavy atom. The van der Waals surface area contributed by atoms with Gasteiger partial charge in [-0.2, -0.15) is 0 Å². The fourth-order valence-electron chi connectivity index (χ4n) is 3.26. The number of aryl methyl sites for hydroxylation is 1. The van der Waals surface area contributed by atoms with Crippen molar-refractivity contribution < 1.29 is 14.3 Å². The lowest BCUT2D eigenvalue weighted by atomic mass is 10.0. The summed E-state index contributed by atoms with van der Waals surface area (Å²) in [5.41, 5.74) is 2.93. The zero-order valence-corrected chi connectivity index (χ0v) is 13.9. The molecular formula is C18H24N2O3. The SMILES string of the molecule is Cc1cccc(C(=O)N2CCN(C(=O)[C@@H]3CCCO3)CC2)c1C. The van der Waals surface area contributed by atoms with E-state index in [1.807, 2.05) is 41.8 Å². The van der Waals surface area contributed by atoms with Crippen LogP contribution in [-0.2, 0) is 9.53 Å². The van der Waals surface area contributed by atoms with Crippen molar-refractivity contribution in [2.75, 3.05) is 32.8 Å². The number of nitrogens with zero attached hydrogens (tertiary/aromatic N) is 2. The van der Waals surface area contributed by atoms with Gasteiger partial charge in [0.2, 0.25) is 0 Å². The van der Waals surface area contributed by atoms with Crippen molar-refractivity contribution in [3.8, 4) is 0 Å². The van der Waals surface area contributed by atoms with E-state index in [2.05, 4.69) is 0 Å². The second kappa shape index (κ2) is 6.71. The Balaban J connectivity index is 1.61. The van der Waals surface area contributed by atoms with Crippen molar-refractivity contribution in [2.24, 2.45) is 0 Å². The van der Waals surface area contributed by atoms with E-state index in [0.29, 0.717) is 32.8 Å². The van der Waals surface area contributed by atoms with E-state index in [1.54, 1.807) is 0 Å². The maximum atomic E-state index is 12.7. The van der Waals surface area contributed by atoms with Crippen LogP contribution in [0.3, 0.4) is 0 Å². The molecule has 124 valence electrons. The van der Waals surface area contributed by atoms with Gasteiger partial charge in [0.25, 0.3) is 11.8 Å². The highest BCUT2D eigenvalue weighted by molar-refractivity contribution is 5.96. The highest BCUT2D eigenvalue weighted by Gasteiger charge is 2.31. The highest BCUT2D eigenvalue weighted by atomic mass is 16.5. The molecule has 2 saturated heterocycles. The van der Waals surface area contributed by atoms with Gasteiger partial charge in [0.15, 0.2) is 0 Å². The summed E-state index contributed by atoms with van der Waals surface area (Å²) in [5.74, 6) is 0.150. The molecule has 0 N–H and O–H groups in total. The molecule has 1 aromatic carbocycles. The van der Waals surface area contributed by atoms with Gasteiger partial charge in [-0.3, -0.25) is 9.59 Å². The summed E-state index contributed by atoms with van der Waals surface area (Å²) in [6, 6.07) is 5.83. The minimum atomic E-state index is -0.267. The number of rotatable bonds is 2. The van der Waals surface area contributed by atoms with E-state index in [4.69, 9.17) is 4.74 Å². The number of ether oxygens (including phenoxy) is 1. The van der Waals surface area contributed by atoms with Crippen LogP contribution in [0.1, 0.15) is 34.3 Å². The Morgan fingerprint density at radius 3 is 2.43 bits per heavy atom. The lowest BCUT2D eigenvalue weighted by Gasteiger charge is -2.36. The van der Waals surface area contributed by atoms with Crippen LogP contribution in [0.4, 0.5) is 0 Å². The summed E-state index contributed by atoms with van der Waals surface area (Å²) in [6.07, 6.45) is 1.51. The number of benzene rings is 1. The normalized spacial score (nSPS) is 21.6. The smallest absolute Gasteiger partial charge is 0.254 e. The second-order valence-corrected chi connectivity index (χ2v) is 6.37. The van der Waals surface area contributed by atoms with Gasteiger partial charge >= 0.3 is 0 Å². The lowest BCUT2D eigenvalue weighted by Crippen LogP contribution is -2.52. The molecule has 0 radical (unpaired) electrons. The molecule has 0 aliphatic carbocycles. The van der Waals surface area contributed by atoms with E-state index >= 15 is 0 Å². The van der Waals surface area contributed by atoms with Gasteiger partial charge in [0.05, 0.1) is 0 Å². The lowest BCUT2D eigenvalue weighted by molar-refractivity contribution is -0.142. The first-order valence-corrected chi connectivity index (χ1v) is 8.34. The van der Waals surface area contributed by atoms with Gasteiger partial charge in [0.1, 0.15) is 6.10 Å². The molecule has 5 heteroatoms. The average molecular weight is 316 g/mol. The summed E-state index contributed by atoms with van der Waals surface area (Å²) >= 11 is 0. The number of hydrogen-bond acceptors (Lipinski definition) is 3. The van der Waals surface area contributed by atoms with Crippen molar-refractivity contribution in [1.29, 1.82) is 0 Å². The third-order valence-electron chi connectivity index (χ3n) is 4.92. The van der Waals surface area contributed by atoms with Crippen molar-refractivity contribution in [1.82, 2.24) is 9.80 Å². The Hall–Kier alpha value is -1.88. The Morgan fingerprint density at radius 1 is 1.09 bits per heavy atom. The molecule has 5 nitrogen and oxygen atoms in total. The van der Waals surface area contributed by atoms with E-state index in [-0.39, 0.29) is 17.9 Å². The molecule has 2 heterocycles. The first-order chi connectivity index (χ1) is 11.1. The Bertz CT molecular complexity index is 600. The molecule has 23 heavy (non-hydrogen) atoms. The third-order valence-corrected chi connectivity index (χ3v) is 4.92. The first kappa shape index (κ1) is 16.0. The van der Waals surface area contributed by atoms with Crippen LogP contribution in [0.2, 0.25) is 0 Å². The van der Waals surface area contributed by atoms with E-state index in [0.717, 1.165) is 29.5 Å². The fourth-order valence-corrected chi connectivity index (χ4v) is 3.26. The molecule has 1 atom stereocenters. The van der Waals surface area contributed by atoms with Crippen LogP contribution < -0.4 is 0 Å². The van der Waals surface area contributed by atoms with Crippen LogP contribution in [0.15, 0.2) is 18.2 Å². The summed E-state index contributed by atoms with van der Waals surface area (Å²) in [7, 11) is 0. The highest BCUT2D eigenvalue weighted by Crippen LogP contribution is 2.18. The average Bonchev–Trinajstić information content (AvgIpc) is 3.11. The van der Waals surface area contributed by atoms with Gasteiger partial charge in [-0.25, -0.2) is 0 Å². The Labute approximate surface area is 137 Å². The van der Waals surface area contributed by atoms with Gasteiger partial charge in [-0.1, -0.05) is 12.1 Å². The first-order valence-electron chi connectivity index (χ1n) is 8.34. The van der Waals surface area contributed by atoms with Crippen LogP contribution in [0.5, 0.6) is 0 Å². The number of carbonyl (C=O) groups is 2. The van der Waals surface area contributed by atoms with Gasteiger partial charge in [0, 0.05) is 38.3 Å². The van der Waals surface area contributed by atoms with E-state index in [1.165, 1.54) is 0 Å². The van der Waals surface area contributed by atoms with Gasteiger partial charge < -0.3 is 14.5 Å². The van der Waals surface area contributed by atoms with Crippen LogP contribution in [0.25, 0.3) is 0 Å². The van der Waals surface area contributed by atoms with Crippen molar-refractivity contribution in [3.05, 3.63) is 34.9 Å². The molecule has 0 unspecified atom stereocenters. The summed E-state index contributed by atoms with van der Waals surface area (Å²) in [4.78, 5) is 28.7. The minimum Gasteiger partial charge on any atom is -0.368 e. The fraction of sp³-hybridized carbons (Fsp3) is 0.556. The summed E-state index contributed by atoms with van der Waals surface area (Å²) in [6.45, 7) is 7.05. The van der Waals surface area contributed by atoms with Gasteiger partial charge in [-0.15, -0.1) is 0 Å². The maximum absolute atomic E-state index is 12.7. The van der Waals surface area contributed by atoms with Crippen molar-refractivity contribution in [2.45, 2.75) is 32.8 Å². The van der Waals surface area contributed by atoms with E-state index < -0.39 is 0 Å². The molecule has 0 saturated carbocycles. The van der Waals surface area contributed by atoms with Crippen LogP contribution >= 0.6 is 0 Å². The standard InChI is InChI=1S/C18H24N2O3/c1-13-5-3-6-15(14(13)2)17(21)19-8-10-20(11-9-19)18(22)16-7-4-12-23-16/h3,5-6,16H,4,7-12H2,1-2H3/t16-/m0/s1. The topological polar surface area (TPSA) is 49.9 Å². The molecule has 3 rings (SSSR count). The van der Waals surface area contributed by atoms with Crippen molar-refractivity contribution in [3.63, 3.8) is 0 Å². The van der Waals surface area contributed by atoms with Crippen molar-refractivity contribution >= 4 is 11.8 Å². The summed E-state index contributed by atoms with van der Waals surface area (Å²) < 4.78 is 5.47. The van der Waals surface area contributed by atoms with Gasteiger partial charge in [-0.05, 0) is 43.9 Å². The third kappa shape index (κ3) is 3.24. The molecule has 0 spiro atoms. The molecule has 1 aromatic rings. The number of carbonyl (C=O) groups excluding carboxylic acids is 2. The second-order valence-electron chi connectivity index (χ2n) is 6.37. The molecule has 2 amide bonds. The van der Waals surface area contributed by atoms with Crippen LogP contribution in [-0.4, -0.2) is 60.5 Å². The molecular weight excluding hydrogens is 292 g/mol. The van der Waals surface area contributed by atoms with Crippen LogP contribution in [0, 0.1) is 13.8 Å². The zero-order valence-electron chi connectivity index (χ0n) is 13.9. The largest absolute Gasteiger partial charge is 0.368 e. The molecule has 2 aliphatic rings. The minimum absolute atomic E-state index is 0.0652. The summed E-state index contributed by atoms with van der Waals surface area (Å²) in [5, 5.41) is 0.